The van der Waals surface area contributed by atoms with E-state index in [-0.39, 0.29) is 0 Å². The van der Waals surface area contributed by atoms with Crippen molar-refractivity contribution >= 4 is 5.71 Å². The van der Waals surface area contributed by atoms with E-state index < -0.39 is 0 Å². The molecule has 0 bridgehead atoms. The second-order valence-corrected chi connectivity index (χ2v) is 1.21. The molecule has 0 heterocycles. The Morgan fingerprint density at radius 3 is 2.88 bits per heavy atom. The van der Waals surface area contributed by atoms with Crippen LogP contribution < -0.4 is 0 Å². The summed E-state index contributed by atoms with van der Waals surface area (Å²) in [5.74, 6) is 0. The van der Waals surface area contributed by atoms with Crippen molar-refractivity contribution in [3.8, 4) is 6.07 Å². The van der Waals surface area contributed by atoms with E-state index >= 15 is 0 Å². The summed E-state index contributed by atoms with van der Waals surface area (Å²) in [5, 5.41) is 11.5. The zero-order valence-corrected chi connectivity index (χ0v) is 5.01. The standard InChI is InChI=1S/C5H8N2O/c1-3-8-7-5(2)4-6/h3H2,1-2H3/b7-5-. The molecule has 0 amide bonds. The van der Waals surface area contributed by atoms with Crippen LogP contribution in [0.15, 0.2) is 5.16 Å². The minimum Gasteiger partial charge on any atom is -0.395 e. The average Bonchev–Trinajstić information content (AvgIpc) is 1.83. The Morgan fingerprint density at radius 2 is 2.50 bits per heavy atom. The summed E-state index contributed by atoms with van der Waals surface area (Å²) in [6, 6.07) is 1.82. The molecular weight excluding hydrogens is 104 g/mol. The van der Waals surface area contributed by atoms with E-state index in [1.165, 1.54) is 0 Å². The molecule has 3 heteroatoms. The maximum Gasteiger partial charge on any atom is 0.153 e. The quantitative estimate of drug-likeness (QED) is 0.394. The van der Waals surface area contributed by atoms with Crippen LogP contribution in [0.2, 0.25) is 0 Å². The van der Waals surface area contributed by atoms with E-state index in [4.69, 9.17) is 5.26 Å². The molecule has 0 radical (unpaired) electrons. The third-order valence-corrected chi connectivity index (χ3v) is 0.492. The number of rotatable bonds is 2. The molecule has 0 unspecified atom stereocenters. The maximum absolute atomic E-state index is 8.10. The molecule has 3 nitrogen and oxygen atoms in total. The molecule has 0 aromatic carbocycles. The first-order chi connectivity index (χ1) is 3.81. The average molecular weight is 112 g/mol. The summed E-state index contributed by atoms with van der Waals surface area (Å²) >= 11 is 0. The number of nitriles is 1. The van der Waals surface area contributed by atoms with Gasteiger partial charge in [-0.3, -0.25) is 0 Å². The van der Waals surface area contributed by atoms with Crippen LogP contribution in [0.1, 0.15) is 13.8 Å². The lowest BCUT2D eigenvalue weighted by Gasteiger charge is -1.88. The SMILES string of the molecule is CCO/N=C(/C)C#N. The molecule has 0 aromatic rings. The van der Waals surface area contributed by atoms with Gasteiger partial charge in [0, 0.05) is 0 Å². The zero-order chi connectivity index (χ0) is 6.41. The van der Waals surface area contributed by atoms with Gasteiger partial charge in [-0.15, -0.1) is 0 Å². The van der Waals surface area contributed by atoms with Crippen LogP contribution in [0.25, 0.3) is 0 Å². The van der Waals surface area contributed by atoms with E-state index in [0.29, 0.717) is 12.3 Å². The summed E-state index contributed by atoms with van der Waals surface area (Å²) in [4.78, 5) is 4.55. The molecular formula is C5H8N2O. The molecule has 0 fully saturated rings. The largest absolute Gasteiger partial charge is 0.395 e. The highest BCUT2D eigenvalue weighted by Crippen LogP contribution is 1.76. The Kier molecular flexibility index (Phi) is 3.59. The fourth-order valence-electron chi connectivity index (χ4n) is 0.182. The van der Waals surface area contributed by atoms with Gasteiger partial charge in [0.25, 0.3) is 0 Å². The molecule has 0 atom stereocenters. The first-order valence-electron chi connectivity index (χ1n) is 2.38. The molecule has 0 spiro atoms. The lowest BCUT2D eigenvalue weighted by Crippen LogP contribution is -1.87. The van der Waals surface area contributed by atoms with Gasteiger partial charge < -0.3 is 4.84 Å². The molecule has 0 rings (SSSR count). The Morgan fingerprint density at radius 1 is 1.88 bits per heavy atom. The van der Waals surface area contributed by atoms with Crippen LogP contribution in [-0.2, 0) is 4.84 Å². The smallest absolute Gasteiger partial charge is 0.153 e. The monoisotopic (exact) mass is 112 g/mol. The number of hydrogen-bond donors (Lipinski definition) is 0. The van der Waals surface area contributed by atoms with Gasteiger partial charge in [-0.2, -0.15) is 5.26 Å². The normalized spacial score (nSPS) is 10.4. The van der Waals surface area contributed by atoms with E-state index in [0.717, 1.165) is 0 Å². The summed E-state index contributed by atoms with van der Waals surface area (Å²) in [5.41, 5.74) is 0.354. The Bertz CT molecular complexity index is 123. The second kappa shape index (κ2) is 4.13. The Hall–Kier alpha value is -1.04. The lowest BCUT2D eigenvalue weighted by atomic mass is 10.5. The summed E-state index contributed by atoms with van der Waals surface area (Å²) < 4.78 is 0. The molecule has 0 aliphatic carbocycles. The summed E-state index contributed by atoms with van der Waals surface area (Å²) in [6.07, 6.45) is 0. The molecule has 0 saturated heterocycles. The van der Waals surface area contributed by atoms with Crippen LogP contribution in [0, 0.1) is 11.3 Å². The molecule has 0 N–H and O–H groups in total. The number of hydrogen-bond acceptors (Lipinski definition) is 3. The van der Waals surface area contributed by atoms with Crippen LogP contribution in [0.4, 0.5) is 0 Å². The van der Waals surface area contributed by atoms with Crippen molar-refractivity contribution in [2.45, 2.75) is 13.8 Å². The van der Waals surface area contributed by atoms with Gasteiger partial charge in [0.05, 0.1) is 0 Å². The molecule has 0 aromatic heterocycles. The lowest BCUT2D eigenvalue weighted by molar-refractivity contribution is 0.159. The van der Waals surface area contributed by atoms with Crippen LogP contribution in [0.5, 0.6) is 0 Å². The van der Waals surface area contributed by atoms with E-state index in [1.807, 2.05) is 13.0 Å². The van der Waals surface area contributed by atoms with Crippen molar-refractivity contribution in [1.82, 2.24) is 0 Å². The van der Waals surface area contributed by atoms with Crippen LogP contribution in [-0.4, -0.2) is 12.3 Å². The Labute approximate surface area is 48.6 Å². The predicted octanol–water partition coefficient (Wildman–Crippen LogP) is 0.922. The van der Waals surface area contributed by atoms with Crippen molar-refractivity contribution in [3.63, 3.8) is 0 Å². The van der Waals surface area contributed by atoms with E-state index in [9.17, 15) is 0 Å². The van der Waals surface area contributed by atoms with Gasteiger partial charge in [-0.1, -0.05) is 5.16 Å². The fourth-order valence-corrected chi connectivity index (χ4v) is 0.182. The topological polar surface area (TPSA) is 45.4 Å². The fraction of sp³-hybridized carbons (Fsp3) is 0.600. The van der Waals surface area contributed by atoms with Crippen LogP contribution in [0.3, 0.4) is 0 Å². The van der Waals surface area contributed by atoms with E-state index in [2.05, 4.69) is 9.99 Å². The third kappa shape index (κ3) is 3.16. The molecule has 8 heavy (non-hydrogen) atoms. The summed E-state index contributed by atoms with van der Waals surface area (Å²) in [7, 11) is 0. The zero-order valence-electron chi connectivity index (χ0n) is 5.01. The van der Waals surface area contributed by atoms with Crippen molar-refractivity contribution in [2.75, 3.05) is 6.61 Å². The minimum atomic E-state index is 0.354. The van der Waals surface area contributed by atoms with Crippen molar-refractivity contribution in [3.05, 3.63) is 0 Å². The van der Waals surface area contributed by atoms with E-state index in [1.54, 1.807) is 6.92 Å². The van der Waals surface area contributed by atoms with Gasteiger partial charge >= 0.3 is 0 Å². The van der Waals surface area contributed by atoms with Gasteiger partial charge in [-0.25, -0.2) is 0 Å². The van der Waals surface area contributed by atoms with Crippen molar-refractivity contribution < 1.29 is 4.84 Å². The Balaban J connectivity index is 3.46. The summed E-state index contributed by atoms with van der Waals surface area (Å²) in [6.45, 7) is 3.92. The van der Waals surface area contributed by atoms with Crippen LogP contribution >= 0.6 is 0 Å². The van der Waals surface area contributed by atoms with Gasteiger partial charge in [0.15, 0.2) is 5.71 Å². The first kappa shape index (κ1) is 6.96. The highest BCUT2D eigenvalue weighted by Gasteiger charge is 1.81. The predicted molar refractivity (Wildman–Crippen MR) is 30.3 cm³/mol. The van der Waals surface area contributed by atoms with Gasteiger partial charge in [0.2, 0.25) is 0 Å². The maximum atomic E-state index is 8.10. The highest BCUT2D eigenvalue weighted by atomic mass is 16.6. The number of oxime groups is 1. The van der Waals surface area contributed by atoms with Gasteiger partial charge in [0.1, 0.15) is 12.7 Å². The van der Waals surface area contributed by atoms with Gasteiger partial charge in [-0.05, 0) is 13.8 Å². The molecule has 0 aliphatic rings. The molecule has 0 aliphatic heterocycles. The third-order valence-electron chi connectivity index (χ3n) is 0.492. The molecule has 0 saturated carbocycles. The first-order valence-corrected chi connectivity index (χ1v) is 2.38. The highest BCUT2D eigenvalue weighted by molar-refractivity contribution is 5.95. The minimum absolute atomic E-state index is 0.354. The van der Waals surface area contributed by atoms with Crippen molar-refractivity contribution in [2.24, 2.45) is 5.16 Å². The number of nitrogens with zero attached hydrogens (tertiary/aromatic N) is 2. The molecule has 44 valence electrons. The second-order valence-electron chi connectivity index (χ2n) is 1.21. The van der Waals surface area contributed by atoms with Crippen molar-refractivity contribution in [1.29, 1.82) is 5.26 Å².